The van der Waals surface area contributed by atoms with Crippen molar-refractivity contribution in [3.05, 3.63) is 75.9 Å². The van der Waals surface area contributed by atoms with E-state index in [-0.39, 0.29) is 35.0 Å². The van der Waals surface area contributed by atoms with Crippen LogP contribution in [0, 0.1) is 31.6 Å². The number of nitrogens with one attached hydrogen (secondary N) is 1. The van der Waals surface area contributed by atoms with Crippen molar-refractivity contribution in [2.45, 2.75) is 53.1 Å². The van der Waals surface area contributed by atoms with Crippen LogP contribution < -0.4 is 5.32 Å². The molecule has 0 spiro atoms. The van der Waals surface area contributed by atoms with Gasteiger partial charge in [0.15, 0.2) is 11.4 Å². The molecule has 0 unspecified atom stereocenters. The number of fused-ring (bicyclic) bond motifs is 2. The summed E-state index contributed by atoms with van der Waals surface area (Å²) in [5, 5.41) is 8.28. The Bertz CT molecular complexity index is 2110. The summed E-state index contributed by atoms with van der Waals surface area (Å²) < 4.78 is 4.26. The normalized spacial score (nSPS) is 23.1. The Kier molecular flexibility index (Phi) is 5.61. The highest BCUT2D eigenvalue weighted by atomic mass is 79.9. The molecule has 44 heavy (non-hydrogen) atoms. The lowest BCUT2D eigenvalue weighted by Crippen LogP contribution is -2.50. The van der Waals surface area contributed by atoms with E-state index in [1.807, 2.05) is 68.1 Å². The fourth-order valence-electron chi connectivity index (χ4n) is 7.59. The Morgan fingerprint density at radius 3 is 2.61 bits per heavy atom. The number of pyridine rings is 1. The molecule has 2 aliphatic carbocycles. The molecule has 1 aliphatic heterocycles. The van der Waals surface area contributed by atoms with Crippen LogP contribution in [0.1, 0.15) is 46.9 Å². The molecule has 0 bridgehead atoms. The summed E-state index contributed by atoms with van der Waals surface area (Å²) in [6.07, 6.45) is 7.48. The average Bonchev–Trinajstić information content (AvgIpc) is 3.49. The van der Waals surface area contributed by atoms with Gasteiger partial charge in [0.2, 0.25) is 11.8 Å². The number of carbonyl (C=O) groups is 3. The first-order chi connectivity index (χ1) is 21.0. The monoisotopic (exact) mass is 651 g/mol. The molecule has 2 amide bonds. The quantitative estimate of drug-likeness (QED) is 0.198. The highest BCUT2D eigenvalue weighted by Crippen LogP contribution is 2.91. The Morgan fingerprint density at radius 1 is 1.05 bits per heavy atom. The van der Waals surface area contributed by atoms with Crippen LogP contribution in [0.2, 0.25) is 0 Å². The van der Waals surface area contributed by atoms with Gasteiger partial charge in [0, 0.05) is 53.1 Å². The van der Waals surface area contributed by atoms with Gasteiger partial charge in [0.1, 0.15) is 23.0 Å². The maximum atomic E-state index is 14.0. The lowest BCUT2D eigenvalue weighted by Gasteiger charge is -2.33. The van der Waals surface area contributed by atoms with Crippen molar-refractivity contribution in [3.8, 4) is 11.1 Å². The summed E-state index contributed by atoms with van der Waals surface area (Å²) in [5.41, 5.74) is 6.56. The van der Waals surface area contributed by atoms with Crippen LogP contribution in [-0.4, -0.2) is 59.2 Å². The van der Waals surface area contributed by atoms with E-state index in [1.54, 1.807) is 22.5 Å². The predicted octanol–water partition coefficient (Wildman–Crippen LogP) is 5.27. The molecule has 222 valence electrons. The van der Waals surface area contributed by atoms with Crippen LogP contribution in [0.3, 0.4) is 0 Å². The number of anilines is 1. The van der Waals surface area contributed by atoms with Gasteiger partial charge in [0.25, 0.3) is 0 Å². The molecule has 4 aromatic heterocycles. The minimum Gasteiger partial charge on any atom is -0.337 e. The minimum absolute atomic E-state index is 0.0359. The van der Waals surface area contributed by atoms with Crippen molar-refractivity contribution in [3.63, 3.8) is 0 Å². The summed E-state index contributed by atoms with van der Waals surface area (Å²) in [4.78, 5) is 51.2. The number of benzene rings is 1. The summed E-state index contributed by atoms with van der Waals surface area (Å²) in [7, 11) is 0. The zero-order chi connectivity index (χ0) is 30.7. The number of nitrogens with zero attached hydrogens (tertiary/aromatic N) is 6. The second-order valence-electron chi connectivity index (χ2n) is 12.9. The van der Waals surface area contributed by atoms with Crippen LogP contribution in [0.15, 0.2) is 53.5 Å². The lowest BCUT2D eigenvalue weighted by molar-refractivity contribution is -0.140. The summed E-state index contributed by atoms with van der Waals surface area (Å²) in [5.74, 6) is 0.0981. The van der Waals surface area contributed by atoms with Gasteiger partial charge in [-0.2, -0.15) is 5.10 Å². The second-order valence-corrected chi connectivity index (χ2v) is 13.7. The topological polar surface area (TPSA) is 114 Å². The van der Waals surface area contributed by atoms with Gasteiger partial charge in [0.05, 0.1) is 11.2 Å². The van der Waals surface area contributed by atoms with Crippen LogP contribution in [0.4, 0.5) is 5.82 Å². The van der Waals surface area contributed by atoms with Crippen LogP contribution in [0.25, 0.3) is 27.7 Å². The number of aromatic nitrogens is 5. The highest BCUT2D eigenvalue weighted by molar-refractivity contribution is 9.10. The van der Waals surface area contributed by atoms with Crippen molar-refractivity contribution < 1.29 is 14.4 Å². The fourth-order valence-corrected chi connectivity index (χ4v) is 7.90. The van der Waals surface area contributed by atoms with Crippen molar-refractivity contribution in [2.24, 2.45) is 10.8 Å². The van der Waals surface area contributed by atoms with E-state index in [1.165, 1.54) is 0 Å². The first-order valence-electron chi connectivity index (χ1n) is 14.7. The van der Waals surface area contributed by atoms with E-state index in [2.05, 4.69) is 36.3 Å². The van der Waals surface area contributed by atoms with E-state index >= 15 is 0 Å². The third-order valence-corrected chi connectivity index (χ3v) is 10.4. The number of rotatable bonds is 6. The number of hydrogen-bond donors (Lipinski definition) is 1. The SMILES string of the molecule is CC(=O)c1cn(CC(=O)N2CC34CC3(C4)[C@H]2C(=O)Nc2nc(Br)ccc2C)c2c(C)cc(-c3cnc4cc(C)nn4c3)cc12. The largest absolute Gasteiger partial charge is 0.337 e. The van der Waals surface area contributed by atoms with Gasteiger partial charge in [-0.1, -0.05) is 6.07 Å². The Balaban J connectivity index is 1.12. The zero-order valence-corrected chi connectivity index (χ0v) is 26.4. The van der Waals surface area contributed by atoms with Gasteiger partial charge < -0.3 is 14.8 Å². The van der Waals surface area contributed by atoms with Crippen molar-refractivity contribution in [1.82, 2.24) is 29.0 Å². The standard InChI is InChI=1S/C33H30BrN7O3/c1-17-5-6-25(34)36-30(17)37-31(44)29-33-14-32(33,15-33)16-40(29)27(43)13-39-12-24(20(4)42)23-9-21(7-18(2)28(23)39)22-10-35-26-8-19(3)38-41(26)11-22/h5-12,29H,13-16H2,1-4H3,(H,36,37,44)/t29-,32?,33?/m1/s1. The fraction of sp³-hybridized carbons (Fsp3) is 0.333. The molecular weight excluding hydrogens is 622 g/mol. The zero-order valence-electron chi connectivity index (χ0n) is 24.8. The highest BCUT2D eigenvalue weighted by Gasteiger charge is 2.91. The number of piperidine rings is 2. The number of aryl methyl sites for hydroxylation is 3. The number of halogens is 1. The van der Waals surface area contributed by atoms with Gasteiger partial charge in [-0.3, -0.25) is 14.4 Å². The molecule has 3 fully saturated rings. The molecule has 1 saturated heterocycles. The molecule has 10 nitrogen and oxygen atoms in total. The summed E-state index contributed by atoms with van der Waals surface area (Å²) in [6.45, 7) is 7.97. The van der Waals surface area contributed by atoms with Gasteiger partial charge in [-0.25, -0.2) is 14.5 Å². The van der Waals surface area contributed by atoms with Crippen LogP contribution >= 0.6 is 15.9 Å². The molecule has 8 rings (SSSR count). The van der Waals surface area contributed by atoms with Crippen LogP contribution in [-0.2, 0) is 16.1 Å². The summed E-state index contributed by atoms with van der Waals surface area (Å²) in [6, 6.07) is 9.15. The van der Waals surface area contributed by atoms with E-state index in [0.29, 0.717) is 22.5 Å². The van der Waals surface area contributed by atoms with Crippen molar-refractivity contribution in [1.29, 1.82) is 0 Å². The predicted molar refractivity (Wildman–Crippen MR) is 168 cm³/mol. The minimum atomic E-state index is -0.537. The lowest BCUT2D eigenvalue weighted by atomic mass is 9.99. The number of carbonyl (C=O) groups excluding carboxylic acids is 3. The molecule has 5 heterocycles. The first kappa shape index (κ1) is 27.2. The third kappa shape index (κ3) is 3.91. The van der Waals surface area contributed by atoms with E-state index in [0.717, 1.165) is 57.3 Å². The van der Waals surface area contributed by atoms with Crippen molar-refractivity contribution >= 4 is 55.9 Å². The third-order valence-electron chi connectivity index (χ3n) is 9.91. The smallest absolute Gasteiger partial charge is 0.248 e. The number of likely N-dealkylation sites (tertiary alicyclic amines) is 1. The van der Waals surface area contributed by atoms with Gasteiger partial charge in [-0.15, -0.1) is 0 Å². The molecule has 3 aliphatic rings. The second kappa shape index (κ2) is 9.07. The molecule has 1 N–H and O–H groups in total. The van der Waals surface area contributed by atoms with E-state index < -0.39 is 6.04 Å². The molecule has 0 radical (unpaired) electrons. The molecule has 1 aromatic carbocycles. The molecule has 5 aromatic rings. The number of Topliss-reactive ketones (excluding diaryl/α,β-unsaturated/α-hetero) is 1. The summed E-state index contributed by atoms with van der Waals surface area (Å²) >= 11 is 3.38. The molecule has 11 heteroatoms. The Morgan fingerprint density at radius 2 is 1.84 bits per heavy atom. The molecule has 2 saturated carbocycles. The number of ketones is 1. The molecule has 1 atom stereocenters. The van der Waals surface area contributed by atoms with Gasteiger partial charge in [-0.05, 0) is 96.8 Å². The van der Waals surface area contributed by atoms with Crippen molar-refractivity contribution in [2.75, 3.05) is 11.9 Å². The van der Waals surface area contributed by atoms with Gasteiger partial charge >= 0.3 is 0 Å². The maximum absolute atomic E-state index is 14.0. The first-order valence-corrected chi connectivity index (χ1v) is 15.5. The Labute approximate surface area is 261 Å². The average molecular weight is 653 g/mol. The number of amides is 2. The Hall–Kier alpha value is -4.38. The van der Waals surface area contributed by atoms with Crippen LogP contribution in [0.5, 0.6) is 0 Å². The maximum Gasteiger partial charge on any atom is 0.248 e. The van der Waals surface area contributed by atoms with E-state index in [4.69, 9.17) is 0 Å². The number of hydrogen-bond acceptors (Lipinski definition) is 6. The van der Waals surface area contributed by atoms with E-state index in [9.17, 15) is 14.4 Å². The molecular formula is C33H30BrN7O3.